The summed E-state index contributed by atoms with van der Waals surface area (Å²) in [7, 11) is 0. The van der Waals surface area contributed by atoms with Gasteiger partial charge in [-0.3, -0.25) is 9.89 Å². The summed E-state index contributed by atoms with van der Waals surface area (Å²) in [5.41, 5.74) is 4.36. The second-order valence-corrected chi connectivity index (χ2v) is 8.20. The first kappa shape index (κ1) is 18.0. The first-order valence-electron chi connectivity index (χ1n) is 9.59. The highest BCUT2D eigenvalue weighted by atomic mass is 32.1. The molecule has 4 aromatic heterocycles. The lowest BCUT2D eigenvalue weighted by atomic mass is 9.92. The van der Waals surface area contributed by atoms with E-state index in [0.29, 0.717) is 4.88 Å². The molecule has 1 saturated carbocycles. The molecule has 5 rings (SSSR count). The molecule has 0 aliphatic heterocycles. The molecule has 148 valence electrons. The smallest absolute Gasteiger partial charge is 0.261 e. The fraction of sp³-hybridized carbons (Fsp3) is 0.300. The highest BCUT2D eigenvalue weighted by Gasteiger charge is 2.25. The molecule has 0 unspecified atom stereocenters. The van der Waals surface area contributed by atoms with E-state index in [0.717, 1.165) is 53.6 Å². The summed E-state index contributed by atoms with van der Waals surface area (Å²) in [4.78, 5) is 17.8. The number of aliphatic hydroxyl groups is 1. The van der Waals surface area contributed by atoms with Gasteiger partial charge in [0.1, 0.15) is 0 Å². The maximum atomic E-state index is 12.6. The van der Waals surface area contributed by atoms with Gasteiger partial charge in [0.2, 0.25) is 0 Å². The van der Waals surface area contributed by atoms with Crippen LogP contribution in [0.15, 0.2) is 42.4 Å². The van der Waals surface area contributed by atoms with Crippen LogP contribution < -0.4 is 5.32 Å². The summed E-state index contributed by atoms with van der Waals surface area (Å²) in [5, 5.41) is 26.2. The standard InChI is InChI=1S/C20H20N6O2S/c27-17-4-2-1-3-16(17)25-20(28)18-5-12(11-29-18)15-9-24-26-10-14(6-21-19(15)26)13-7-22-23-8-13/h5-11,16-17,27H,1-4H2,(H,22,23)(H,25,28)/t16-,17+/m1/s1. The maximum absolute atomic E-state index is 12.6. The zero-order valence-corrected chi connectivity index (χ0v) is 16.4. The molecule has 1 fully saturated rings. The van der Waals surface area contributed by atoms with Crippen LogP contribution in [0.2, 0.25) is 0 Å². The van der Waals surface area contributed by atoms with Crippen LogP contribution >= 0.6 is 11.3 Å². The molecule has 1 aliphatic rings. The number of hydrogen-bond acceptors (Lipinski definition) is 6. The van der Waals surface area contributed by atoms with Crippen molar-refractivity contribution < 1.29 is 9.90 Å². The molecule has 0 radical (unpaired) electrons. The Bertz CT molecular complexity index is 1150. The predicted molar refractivity (Wildman–Crippen MR) is 110 cm³/mol. The molecule has 0 bridgehead atoms. The monoisotopic (exact) mass is 408 g/mol. The normalized spacial score (nSPS) is 19.5. The number of rotatable bonds is 4. The molecule has 1 aliphatic carbocycles. The largest absolute Gasteiger partial charge is 0.391 e. The van der Waals surface area contributed by atoms with Crippen LogP contribution in [-0.2, 0) is 0 Å². The Labute approximate surface area is 170 Å². The van der Waals surface area contributed by atoms with Crippen LogP contribution in [0.4, 0.5) is 0 Å². The molecule has 1 amide bonds. The number of amides is 1. The van der Waals surface area contributed by atoms with Gasteiger partial charge in [-0.2, -0.15) is 10.2 Å². The van der Waals surface area contributed by atoms with Gasteiger partial charge in [-0.15, -0.1) is 11.3 Å². The molecule has 2 atom stereocenters. The molecule has 4 heterocycles. The number of aliphatic hydroxyl groups excluding tert-OH is 1. The van der Waals surface area contributed by atoms with Crippen molar-refractivity contribution >= 4 is 22.9 Å². The number of fused-ring (bicyclic) bond motifs is 1. The van der Waals surface area contributed by atoms with Gasteiger partial charge in [-0.1, -0.05) is 12.8 Å². The Morgan fingerprint density at radius 2 is 2.10 bits per heavy atom. The fourth-order valence-electron chi connectivity index (χ4n) is 3.75. The van der Waals surface area contributed by atoms with E-state index in [1.807, 2.05) is 17.6 Å². The molecular weight excluding hydrogens is 388 g/mol. The number of carbonyl (C=O) groups is 1. The van der Waals surface area contributed by atoms with Crippen LogP contribution in [0, 0.1) is 0 Å². The number of aromatic nitrogens is 5. The molecule has 0 saturated heterocycles. The van der Waals surface area contributed by atoms with Gasteiger partial charge >= 0.3 is 0 Å². The van der Waals surface area contributed by atoms with Crippen molar-refractivity contribution in [1.29, 1.82) is 0 Å². The van der Waals surface area contributed by atoms with Crippen LogP contribution in [-0.4, -0.2) is 48.0 Å². The first-order valence-corrected chi connectivity index (χ1v) is 10.5. The molecule has 0 aromatic carbocycles. The molecule has 9 heteroatoms. The minimum atomic E-state index is -0.458. The van der Waals surface area contributed by atoms with E-state index in [1.165, 1.54) is 11.3 Å². The summed E-state index contributed by atoms with van der Waals surface area (Å²) >= 11 is 1.38. The average molecular weight is 408 g/mol. The SMILES string of the molecule is O=C(N[C@@H]1CCCC[C@@H]1O)c1cc(-c2cnn3cc(-c4cn[nH]c4)cnc23)cs1. The third-order valence-corrected chi connectivity index (χ3v) is 6.30. The van der Waals surface area contributed by atoms with Crippen molar-refractivity contribution in [1.82, 2.24) is 30.1 Å². The third kappa shape index (κ3) is 3.43. The number of nitrogens with one attached hydrogen (secondary N) is 2. The zero-order chi connectivity index (χ0) is 19.8. The lowest BCUT2D eigenvalue weighted by molar-refractivity contribution is 0.0720. The summed E-state index contributed by atoms with van der Waals surface area (Å²) < 4.78 is 1.73. The number of carbonyl (C=O) groups excluding carboxylic acids is 1. The second-order valence-electron chi connectivity index (χ2n) is 7.29. The maximum Gasteiger partial charge on any atom is 0.261 e. The molecule has 0 spiro atoms. The minimum absolute atomic E-state index is 0.140. The second kappa shape index (κ2) is 7.41. The van der Waals surface area contributed by atoms with Crippen LogP contribution in [0.3, 0.4) is 0 Å². The molecular formula is C20H20N6O2S. The Balaban J connectivity index is 1.38. The van der Waals surface area contributed by atoms with E-state index in [2.05, 4.69) is 25.6 Å². The quantitative estimate of drug-likeness (QED) is 0.481. The summed E-state index contributed by atoms with van der Waals surface area (Å²) in [6.45, 7) is 0. The van der Waals surface area contributed by atoms with Crippen molar-refractivity contribution in [3.63, 3.8) is 0 Å². The third-order valence-electron chi connectivity index (χ3n) is 5.37. The van der Waals surface area contributed by atoms with E-state index in [9.17, 15) is 9.90 Å². The van der Waals surface area contributed by atoms with Gasteiger partial charge in [0.15, 0.2) is 5.65 Å². The fourth-order valence-corrected chi connectivity index (χ4v) is 4.56. The lowest BCUT2D eigenvalue weighted by Gasteiger charge is -2.28. The molecule has 3 N–H and O–H groups in total. The van der Waals surface area contributed by atoms with Gasteiger partial charge in [-0.25, -0.2) is 9.50 Å². The number of thiophene rings is 1. The Morgan fingerprint density at radius 1 is 1.21 bits per heavy atom. The predicted octanol–water partition coefficient (Wildman–Crippen LogP) is 2.88. The zero-order valence-electron chi connectivity index (χ0n) is 15.6. The van der Waals surface area contributed by atoms with Crippen molar-refractivity contribution in [3.05, 3.63) is 47.3 Å². The van der Waals surface area contributed by atoms with Crippen molar-refractivity contribution in [2.24, 2.45) is 0 Å². The van der Waals surface area contributed by atoms with Gasteiger partial charge in [0, 0.05) is 35.3 Å². The topological polar surface area (TPSA) is 108 Å². The van der Waals surface area contributed by atoms with E-state index in [-0.39, 0.29) is 11.9 Å². The Kier molecular flexibility index (Phi) is 4.61. The van der Waals surface area contributed by atoms with Crippen LogP contribution in [0.25, 0.3) is 27.9 Å². The highest BCUT2D eigenvalue weighted by molar-refractivity contribution is 7.12. The number of aromatic amines is 1. The van der Waals surface area contributed by atoms with Gasteiger partial charge < -0.3 is 10.4 Å². The molecule has 4 aromatic rings. The summed E-state index contributed by atoms with van der Waals surface area (Å²) in [5.74, 6) is -0.140. The van der Waals surface area contributed by atoms with Crippen LogP contribution in [0.5, 0.6) is 0 Å². The number of hydrogen-bond donors (Lipinski definition) is 3. The van der Waals surface area contributed by atoms with Crippen molar-refractivity contribution in [2.75, 3.05) is 0 Å². The summed E-state index contributed by atoms with van der Waals surface area (Å²) in [6.07, 6.45) is 12.2. The Morgan fingerprint density at radius 3 is 2.93 bits per heavy atom. The summed E-state index contributed by atoms with van der Waals surface area (Å²) in [6, 6.07) is 1.69. The van der Waals surface area contributed by atoms with Gasteiger partial charge in [0.25, 0.3) is 5.91 Å². The van der Waals surface area contributed by atoms with E-state index in [4.69, 9.17) is 0 Å². The van der Waals surface area contributed by atoms with E-state index < -0.39 is 6.10 Å². The van der Waals surface area contributed by atoms with Crippen molar-refractivity contribution in [2.45, 2.75) is 37.8 Å². The average Bonchev–Trinajstić information content (AvgIpc) is 3.49. The number of H-pyrrole nitrogens is 1. The van der Waals surface area contributed by atoms with E-state index in [1.54, 1.807) is 29.3 Å². The van der Waals surface area contributed by atoms with Gasteiger partial charge in [-0.05, 0) is 29.9 Å². The van der Waals surface area contributed by atoms with Crippen molar-refractivity contribution in [3.8, 4) is 22.3 Å². The Hall–Kier alpha value is -3.04. The van der Waals surface area contributed by atoms with Gasteiger partial charge in [0.05, 0.1) is 29.4 Å². The molecule has 8 nitrogen and oxygen atoms in total. The highest BCUT2D eigenvalue weighted by Crippen LogP contribution is 2.29. The van der Waals surface area contributed by atoms with Crippen LogP contribution in [0.1, 0.15) is 35.4 Å². The first-order chi connectivity index (χ1) is 14.2. The molecule has 29 heavy (non-hydrogen) atoms. The minimum Gasteiger partial charge on any atom is -0.391 e. The lowest BCUT2D eigenvalue weighted by Crippen LogP contribution is -2.44. The van der Waals surface area contributed by atoms with E-state index >= 15 is 0 Å². The number of nitrogens with zero attached hydrogens (tertiary/aromatic N) is 4.